The smallest absolute Gasteiger partial charge is 0.772 e. The number of rotatable bonds is 2. The van der Waals surface area contributed by atoms with E-state index in [9.17, 15) is 8.76 Å². The number of hydrogen-bond donors (Lipinski definition) is 0. The summed E-state index contributed by atoms with van der Waals surface area (Å²) in [4.78, 5) is 0. The fraction of sp³-hybridized carbons (Fsp3) is 0.333. The zero-order valence-electron chi connectivity index (χ0n) is 8.16. The molecular formula is C9H11NaO2S. The van der Waals surface area contributed by atoms with Crippen molar-refractivity contribution in [2.24, 2.45) is 0 Å². The molecule has 4 heteroatoms. The topological polar surface area (TPSA) is 40.1 Å². The van der Waals surface area contributed by atoms with Crippen LogP contribution < -0.4 is 29.6 Å². The van der Waals surface area contributed by atoms with Gasteiger partial charge in [-0.25, -0.2) is 0 Å². The minimum atomic E-state index is -1.98. The van der Waals surface area contributed by atoms with Crippen LogP contribution >= 0.6 is 0 Å². The van der Waals surface area contributed by atoms with Crippen molar-refractivity contribution < 1.29 is 38.3 Å². The quantitative estimate of drug-likeness (QED) is 0.445. The van der Waals surface area contributed by atoms with E-state index in [0.29, 0.717) is 0 Å². The average Bonchev–Trinajstić information content (AvgIpc) is 1.96. The maximum atomic E-state index is 10.4. The molecule has 0 aliphatic rings. The van der Waals surface area contributed by atoms with Gasteiger partial charge in [0.25, 0.3) is 0 Å². The van der Waals surface area contributed by atoms with Crippen LogP contribution in [0.15, 0.2) is 18.2 Å². The zero-order valence-corrected chi connectivity index (χ0v) is 11.0. The fourth-order valence-corrected chi connectivity index (χ4v) is 1.48. The number of aryl methyl sites for hydroxylation is 2. The molecule has 0 radical (unpaired) electrons. The molecular weight excluding hydrogens is 195 g/mol. The third-order valence-corrected chi connectivity index (χ3v) is 2.42. The summed E-state index contributed by atoms with van der Waals surface area (Å²) in [5, 5.41) is 0. The maximum absolute atomic E-state index is 10.4. The van der Waals surface area contributed by atoms with Crippen LogP contribution in [0.5, 0.6) is 0 Å². The molecule has 0 heterocycles. The Kier molecular flexibility index (Phi) is 6.09. The van der Waals surface area contributed by atoms with Crippen LogP contribution in [0.4, 0.5) is 0 Å². The van der Waals surface area contributed by atoms with Crippen LogP contribution in [0.1, 0.15) is 16.7 Å². The van der Waals surface area contributed by atoms with E-state index >= 15 is 0 Å². The zero-order chi connectivity index (χ0) is 9.14. The third-order valence-electron chi connectivity index (χ3n) is 1.86. The Morgan fingerprint density at radius 2 is 1.92 bits per heavy atom. The van der Waals surface area contributed by atoms with Crippen molar-refractivity contribution >= 4 is 11.1 Å². The maximum Gasteiger partial charge on any atom is 1.00 e. The fourth-order valence-electron chi connectivity index (χ4n) is 1.03. The Bertz CT molecular complexity index is 312. The summed E-state index contributed by atoms with van der Waals surface area (Å²) in [6.45, 7) is 3.99. The summed E-state index contributed by atoms with van der Waals surface area (Å²) in [7, 11) is 0. The Balaban J connectivity index is 0.00000144. The summed E-state index contributed by atoms with van der Waals surface area (Å²) in [6.07, 6.45) is 0. The standard InChI is InChI=1S/C9H12O2S.Na/c1-7-3-4-9(5-8(7)2)6-12(10)11;/h3-5H,6H2,1-2H3,(H,10,11);/q;+1/p-1. The molecule has 0 bridgehead atoms. The van der Waals surface area contributed by atoms with Crippen molar-refractivity contribution in [2.45, 2.75) is 19.6 Å². The van der Waals surface area contributed by atoms with Gasteiger partial charge in [-0.1, -0.05) is 29.3 Å². The molecule has 1 aromatic rings. The Morgan fingerprint density at radius 3 is 2.38 bits per heavy atom. The third kappa shape index (κ3) is 4.38. The molecule has 1 unspecified atom stereocenters. The van der Waals surface area contributed by atoms with Crippen molar-refractivity contribution in [1.29, 1.82) is 0 Å². The predicted octanol–water partition coefficient (Wildman–Crippen LogP) is -1.31. The summed E-state index contributed by atoms with van der Waals surface area (Å²) >= 11 is -1.98. The van der Waals surface area contributed by atoms with Crippen molar-refractivity contribution in [1.82, 2.24) is 0 Å². The molecule has 1 atom stereocenters. The van der Waals surface area contributed by atoms with Crippen LogP contribution in [-0.4, -0.2) is 8.76 Å². The molecule has 0 aliphatic heterocycles. The van der Waals surface area contributed by atoms with E-state index in [2.05, 4.69) is 0 Å². The number of hydrogen-bond acceptors (Lipinski definition) is 2. The second kappa shape index (κ2) is 5.94. The van der Waals surface area contributed by atoms with Gasteiger partial charge < -0.3 is 4.55 Å². The Morgan fingerprint density at radius 1 is 1.31 bits per heavy atom. The van der Waals surface area contributed by atoms with E-state index in [1.165, 1.54) is 5.56 Å². The summed E-state index contributed by atoms with van der Waals surface area (Å²) in [5.74, 6) is 0.112. The van der Waals surface area contributed by atoms with Gasteiger partial charge in [0.15, 0.2) is 0 Å². The molecule has 2 nitrogen and oxygen atoms in total. The largest absolute Gasteiger partial charge is 1.00 e. The first-order valence-electron chi connectivity index (χ1n) is 3.71. The van der Waals surface area contributed by atoms with Crippen LogP contribution in [-0.2, 0) is 16.8 Å². The van der Waals surface area contributed by atoms with Crippen LogP contribution in [0.3, 0.4) is 0 Å². The van der Waals surface area contributed by atoms with E-state index in [4.69, 9.17) is 0 Å². The van der Waals surface area contributed by atoms with Gasteiger partial charge in [-0.3, -0.25) is 4.21 Å². The van der Waals surface area contributed by atoms with E-state index in [1.807, 2.05) is 32.0 Å². The molecule has 0 amide bonds. The van der Waals surface area contributed by atoms with E-state index in [-0.39, 0.29) is 35.3 Å². The SMILES string of the molecule is Cc1ccc(CS(=O)[O-])cc1C.[Na+]. The van der Waals surface area contributed by atoms with E-state index in [0.717, 1.165) is 11.1 Å². The minimum Gasteiger partial charge on any atom is -0.772 e. The van der Waals surface area contributed by atoms with Crippen molar-refractivity contribution in [2.75, 3.05) is 0 Å². The van der Waals surface area contributed by atoms with Crippen molar-refractivity contribution in [3.8, 4) is 0 Å². The summed E-state index contributed by atoms with van der Waals surface area (Å²) in [6, 6.07) is 5.70. The van der Waals surface area contributed by atoms with Gasteiger partial charge in [0, 0.05) is 5.75 Å². The van der Waals surface area contributed by atoms with Gasteiger partial charge in [0.05, 0.1) is 0 Å². The molecule has 0 spiro atoms. The minimum absolute atomic E-state index is 0. The predicted molar refractivity (Wildman–Crippen MR) is 48.5 cm³/mol. The van der Waals surface area contributed by atoms with Crippen LogP contribution in [0, 0.1) is 13.8 Å². The molecule has 0 saturated carbocycles. The Labute approximate surface area is 103 Å². The normalized spacial score (nSPS) is 11.9. The van der Waals surface area contributed by atoms with Gasteiger partial charge >= 0.3 is 29.6 Å². The van der Waals surface area contributed by atoms with Gasteiger partial charge in [-0.05, 0) is 30.5 Å². The molecule has 0 saturated heterocycles. The first-order valence-corrected chi connectivity index (χ1v) is 4.96. The van der Waals surface area contributed by atoms with Crippen molar-refractivity contribution in [3.05, 3.63) is 34.9 Å². The van der Waals surface area contributed by atoms with Crippen LogP contribution in [0.25, 0.3) is 0 Å². The van der Waals surface area contributed by atoms with Gasteiger partial charge in [0.2, 0.25) is 0 Å². The first-order chi connectivity index (χ1) is 5.59. The average molecular weight is 206 g/mol. The molecule has 0 aliphatic carbocycles. The monoisotopic (exact) mass is 206 g/mol. The van der Waals surface area contributed by atoms with E-state index < -0.39 is 11.1 Å². The van der Waals surface area contributed by atoms with Gasteiger partial charge in [0.1, 0.15) is 0 Å². The van der Waals surface area contributed by atoms with Gasteiger partial charge in [-0.2, -0.15) is 0 Å². The molecule has 0 fully saturated rings. The molecule has 66 valence electrons. The first kappa shape index (κ1) is 13.3. The Hall–Kier alpha value is 0.330. The van der Waals surface area contributed by atoms with E-state index in [1.54, 1.807) is 0 Å². The summed E-state index contributed by atoms with van der Waals surface area (Å²) < 4.78 is 20.7. The van der Waals surface area contributed by atoms with Crippen LogP contribution in [0.2, 0.25) is 0 Å². The van der Waals surface area contributed by atoms with Crippen molar-refractivity contribution in [3.63, 3.8) is 0 Å². The van der Waals surface area contributed by atoms with Gasteiger partial charge in [-0.15, -0.1) is 0 Å². The molecule has 13 heavy (non-hydrogen) atoms. The number of benzene rings is 1. The molecule has 0 N–H and O–H groups in total. The molecule has 0 aromatic heterocycles. The summed E-state index contributed by atoms with van der Waals surface area (Å²) in [5.41, 5.74) is 3.18. The molecule has 1 aromatic carbocycles. The molecule has 1 rings (SSSR count). The second-order valence-electron chi connectivity index (χ2n) is 2.87. The second-order valence-corrected chi connectivity index (χ2v) is 3.76.